The second-order valence-electron chi connectivity index (χ2n) is 6.94. The number of amides is 1. The number of benzene rings is 1. The van der Waals surface area contributed by atoms with Gasteiger partial charge in [0.1, 0.15) is 10.3 Å². The lowest BCUT2D eigenvalue weighted by Gasteiger charge is -2.22. The normalized spacial score (nSPS) is 18.8. The summed E-state index contributed by atoms with van der Waals surface area (Å²) in [5, 5.41) is 15.8. The van der Waals surface area contributed by atoms with Gasteiger partial charge in [0.2, 0.25) is 0 Å². The van der Waals surface area contributed by atoms with Gasteiger partial charge in [0.25, 0.3) is 5.91 Å². The monoisotopic (exact) mass is 405 g/mol. The minimum absolute atomic E-state index is 0.0288. The molecule has 0 radical (unpaired) electrons. The number of anilines is 1. The van der Waals surface area contributed by atoms with E-state index in [4.69, 9.17) is 0 Å². The fourth-order valence-corrected chi connectivity index (χ4v) is 4.59. The van der Waals surface area contributed by atoms with Gasteiger partial charge in [0, 0.05) is 18.3 Å². The van der Waals surface area contributed by atoms with Crippen molar-refractivity contribution in [3.8, 4) is 5.69 Å². The van der Waals surface area contributed by atoms with Crippen LogP contribution in [-0.2, 0) is 0 Å². The standard InChI is InChI=1S/C20H19N7OS/c28-18(13-5-1-2-9-17(13)27-22-11-12-23-27)24-14-6-3-7-15(14)25-20-26-16-8-4-10-21-19(16)29-20/h1-2,4-5,8-12,14-15H,3,6-7H2,(H,24,28)(H,25,26)/t14-,15+/m0/s1. The Labute approximate surface area is 171 Å². The van der Waals surface area contributed by atoms with Crippen molar-refractivity contribution < 1.29 is 4.79 Å². The van der Waals surface area contributed by atoms with Crippen LogP contribution in [0.25, 0.3) is 16.0 Å². The average molecular weight is 405 g/mol. The molecule has 1 aliphatic rings. The predicted octanol–water partition coefficient (Wildman–Crippen LogP) is 3.04. The van der Waals surface area contributed by atoms with Crippen molar-refractivity contribution in [2.24, 2.45) is 0 Å². The average Bonchev–Trinajstić information content (AvgIpc) is 3.49. The van der Waals surface area contributed by atoms with Crippen LogP contribution in [0, 0.1) is 0 Å². The lowest BCUT2D eigenvalue weighted by Crippen LogP contribution is -2.43. The molecule has 5 rings (SSSR count). The zero-order chi connectivity index (χ0) is 19.6. The third kappa shape index (κ3) is 3.56. The number of hydrogen-bond donors (Lipinski definition) is 2. The van der Waals surface area contributed by atoms with Crippen molar-refractivity contribution in [2.45, 2.75) is 31.3 Å². The molecule has 1 aliphatic carbocycles. The van der Waals surface area contributed by atoms with Gasteiger partial charge in [-0.15, -0.1) is 0 Å². The molecule has 146 valence electrons. The number of nitrogens with one attached hydrogen (secondary N) is 2. The lowest BCUT2D eigenvalue weighted by atomic mass is 10.1. The van der Waals surface area contributed by atoms with Crippen LogP contribution in [0.3, 0.4) is 0 Å². The van der Waals surface area contributed by atoms with Crippen LogP contribution in [0.5, 0.6) is 0 Å². The summed E-state index contributed by atoms with van der Waals surface area (Å²) >= 11 is 1.54. The van der Waals surface area contributed by atoms with E-state index in [-0.39, 0.29) is 18.0 Å². The zero-order valence-electron chi connectivity index (χ0n) is 15.5. The Bertz CT molecular complexity index is 1110. The van der Waals surface area contributed by atoms with Crippen LogP contribution in [0.2, 0.25) is 0 Å². The van der Waals surface area contributed by atoms with Gasteiger partial charge in [0.15, 0.2) is 5.13 Å². The molecule has 0 unspecified atom stereocenters. The predicted molar refractivity (Wildman–Crippen MR) is 111 cm³/mol. The van der Waals surface area contributed by atoms with E-state index in [9.17, 15) is 4.79 Å². The van der Waals surface area contributed by atoms with Crippen LogP contribution in [-0.4, -0.2) is 43.0 Å². The van der Waals surface area contributed by atoms with Gasteiger partial charge in [-0.05, 0) is 43.5 Å². The first-order valence-electron chi connectivity index (χ1n) is 9.52. The van der Waals surface area contributed by atoms with Gasteiger partial charge in [-0.25, -0.2) is 9.97 Å². The molecule has 3 aromatic heterocycles. The van der Waals surface area contributed by atoms with Crippen LogP contribution in [0.4, 0.5) is 5.13 Å². The highest BCUT2D eigenvalue weighted by atomic mass is 32.1. The highest BCUT2D eigenvalue weighted by molar-refractivity contribution is 7.21. The highest BCUT2D eigenvalue weighted by Crippen LogP contribution is 2.28. The summed E-state index contributed by atoms with van der Waals surface area (Å²) in [6.07, 6.45) is 7.92. The Balaban J connectivity index is 1.33. The molecule has 29 heavy (non-hydrogen) atoms. The molecular formula is C20H19N7OS. The first-order chi connectivity index (χ1) is 14.3. The molecule has 8 nitrogen and oxygen atoms in total. The van der Waals surface area contributed by atoms with Crippen molar-refractivity contribution >= 4 is 32.7 Å². The minimum Gasteiger partial charge on any atom is -0.357 e. The fourth-order valence-electron chi connectivity index (χ4n) is 3.72. The largest absolute Gasteiger partial charge is 0.357 e. The molecule has 4 aromatic rings. The molecule has 0 spiro atoms. The smallest absolute Gasteiger partial charge is 0.253 e. The van der Waals surface area contributed by atoms with Crippen molar-refractivity contribution in [3.05, 3.63) is 60.6 Å². The Morgan fingerprint density at radius 3 is 2.72 bits per heavy atom. The summed E-state index contributed by atoms with van der Waals surface area (Å²) in [7, 11) is 0. The van der Waals surface area contributed by atoms with Crippen molar-refractivity contribution in [2.75, 3.05) is 5.32 Å². The van der Waals surface area contributed by atoms with Crippen molar-refractivity contribution in [1.29, 1.82) is 0 Å². The van der Waals surface area contributed by atoms with Gasteiger partial charge < -0.3 is 10.6 Å². The van der Waals surface area contributed by atoms with E-state index in [1.165, 1.54) is 16.1 Å². The molecule has 9 heteroatoms. The number of nitrogens with zero attached hydrogens (tertiary/aromatic N) is 5. The third-order valence-electron chi connectivity index (χ3n) is 5.09. The number of carbonyl (C=O) groups is 1. The quantitative estimate of drug-likeness (QED) is 0.530. The zero-order valence-corrected chi connectivity index (χ0v) is 16.3. The number of hydrogen-bond acceptors (Lipinski definition) is 7. The number of thiazole rings is 1. The van der Waals surface area contributed by atoms with E-state index < -0.39 is 0 Å². The summed E-state index contributed by atoms with van der Waals surface area (Å²) in [4.78, 5) is 24.4. The molecule has 3 heterocycles. The molecule has 2 N–H and O–H groups in total. The van der Waals surface area contributed by atoms with E-state index in [0.717, 1.165) is 34.7 Å². The number of fused-ring (bicyclic) bond motifs is 1. The van der Waals surface area contributed by atoms with Crippen molar-refractivity contribution in [3.63, 3.8) is 0 Å². The minimum atomic E-state index is -0.123. The fraction of sp³-hybridized carbons (Fsp3) is 0.250. The number of carbonyl (C=O) groups excluding carboxylic acids is 1. The molecule has 0 saturated heterocycles. The number of rotatable bonds is 5. The first kappa shape index (κ1) is 17.7. The summed E-state index contributed by atoms with van der Waals surface area (Å²) in [5.74, 6) is -0.123. The highest BCUT2D eigenvalue weighted by Gasteiger charge is 2.30. The van der Waals surface area contributed by atoms with Crippen molar-refractivity contribution in [1.82, 2.24) is 30.3 Å². The molecule has 1 aromatic carbocycles. The van der Waals surface area contributed by atoms with Crippen LogP contribution in [0.1, 0.15) is 29.6 Å². The van der Waals surface area contributed by atoms with Crippen LogP contribution in [0.15, 0.2) is 55.0 Å². The third-order valence-corrected chi connectivity index (χ3v) is 6.00. The van der Waals surface area contributed by atoms with Crippen LogP contribution >= 0.6 is 11.3 Å². The Kier molecular flexibility index (Phi) is 4.65. The Hall–Kier alpha value is -3.33. The van der Waals surface area contributed by atoms with Gasteiger partial charge in [-0.2, -0.15) is 15.0 Å². The first-order valence-corrected chi connectivity index (χ1v) is 10.3. The number of pyridine rings is 1. The SMILES string of the molecule is O=C(N[C@H]1CCC[C@H]1Nc1nc2cccnc2s1)c1ccccc1-n1nccn1. The Morgan fingerprint density at radius 2 is 1.86 bits per heavy atom. The van der Waals surface area contributed by atoms with Gasteiger partial charge in [-0.1, -0.05) is 23.5 Å². The molecule has 1 saturated carbocycles. The molecule has 0 aliphatic heterocycles. The van der Waals surface area contributed by atoms with Gasteiger partial charge in [0.05, 0.1) is 23.6 Å². The second-order valence-corrected chi connectivity index (χ2v) is 7.92. The maximum atomic E-state index is 13.0. The van der Waals surface area contributed by atoms with Gasteiger partial charge >= 0.3 is 0 Å². The van der Waals surface area contributed by atoms with E-state index >= 15 is 0 Å². The summed E-state index contributed by atoms with van der Waals surface area (Å²) < 4.78 is 0. The molecule has 1 fully saturated rings. The van der Waals surface area contributed by atoms with Gasteiger partial charge in [-0.3, -0.25) is 4.79 Å². The maximum Gasteiger partial charge on any atom is 0.253 e. The van der Waals surface area contributed by atoms with E-state index in [0.29, 0.717) is 11.3 Å². The Morgan fingerprint density at radius 1 is 1.03 bits per heavy atom. The summed E-state index contributed by atoms with van der Waals surface area (Å²) in [6.45, 7) is 0. The lowest BCUT2D eigenvalue weighted by molar-refractivity contribution is 0.0935. The maximum absolute atomic E-state index is 13.0. The molecule has 0 bridgehead atoms. The second kappa shape index (κ2) is 7.59. The van der Waals surface area contributed by atoms with E-state index in [1.54, 1.807) is 24.7 Å². The number of para-hydroxylation sites is 1. The summed E-state index contributed by atoms with van der Waals surface area (Å²) in [5.41, 5.74) is 2.10. The number of aromatic nitrogens is 5. The summed E-state index contributed by atoms with van der Waals surface area (Å²) in [6, 6.07) is 11.4. The van der Waals surface area contributed by atoms with E-state index in [2.05, 4.69) is 30.8 Å². The van der Waals surface area contributed by atoms with Crippen LogP contribution < -0.4 is 10.6 Å². The molecule has 1 amide bonds. The van der Waals surface area contributed by atoms with E-state index in [1.807, 2.05) is 30.3 Å². The molecule has 2 atom stereocenters. The topological polar surface area (TPSA) is 97.6 Å². The molecular weight excluding hydrogens is 386 g/mol.